The van der Waals surface area contributed by atoms with E-state index in [0.29, 0.717) is 12.2 Å². The molecule has 2 heterocycles. The molecule has 3 rings (SSSR count). The van der Waals surface area contributed by atoms with E-state index >= 15 is 0 Å². The third-order valence-electron chi connectivity index (χ3n) is 2.77. The Morgan fingerprint density at radius 3 is 3.19 bits per heavy atom. The Kier molecular flexibility index (Phi) is 1.92. The van der Waals surface area contributed by atoms with Crippen molar-refractivity contribution in [3.05, 3.63) is 24.0 Å². The van der Waals surface area contributed by atoms with Crippen LogP contribution in [0.1, 0.15) is 6.42 Å². The van der Waals surface area contributed by atoms with Crippen LogP contribution in [0.3, 0.4) is 0 Å². The summed E-state index contributed by atoms with van der Waals surface area (Å²) in [6.07, 6.45) is 0.260. The van der Waals surface area contributed by atoms with E-state index in [1.807, 2.05) is 4.90 Å². The van der Waals surface area contributed by atoms with Crippen LogP contribution in [0.4, 0.5) is 15.8 Å². The van der Waals surface area contributed by atoms with E-state index in [4.69, 9.17) is 0 Å². The highest BCUT2D eigenvalue weighted by molar-refractivity contribution is 6.17. The summed E-state index contributed by atoms with van der Waals surface area (Å²) in [5.41, 5.74) is 1.35. The Bertz CT molecular complexity index is 498. The molecule has 1 aromatic rings. The van der Waals surface area contributed by atoms with Gasteiger partial charge in [0.15, 0.2) is 0 Å². The Hall–Kier alpha value is -1.91. The number of carbonyl (C=O) groups is 1. The van der Waals surface area contributed by atoms with Crippen molar-refractivity contribution in [2.24, 2.45) is 4.99 Å². The van der Waals surface area contributed by atoms with E-state index in [1.165, 1.54) is 12.1 Å². The van der Waals surface area contributed by atoms with Crippen molar-refractivity contribution in [2.75, 3.05) is 23.3 Å². The third kappa shape index (κ3) is 1.36. The molecule has 1 amide bonds. The summed E-state index contributed by atoms with van der Waals surface area (Å²) >= 11 is 0. The van der Waals surface area contributed by atoms with Crippen molar-refractivity contribution in [1.82, 2.24) is 0 Å². The van der Waals surface area contributed by atoms with Crippen LogP contribution in [0.5, 0.6) is 0 Å². The molecule has 0 radical (unpaired) electrons. The lowest BCUT2D eigenvalue weighted by atomic mass is 10.2. The Morgan fingerprint density at radius 2 is 2.31 bits per heavy atom. The third-order valence-corrected chi connectivity index (χ3v) is 2.77. The van der Waals surface area contributed by atoms with Crippen LogP contribution in [-0.4, -0.2) is 24.8 Å². The topological polar surface area (TPSA) is 44.7 Å². The fraction of sp³-hybridized carbons (Fsp3) is 0.273. The van der Waals surface area contributed by atoms with E-state index in [1.54, 1.807) is 6.07 Å². The molecule has 0 bridgehead atoms. The van der Waals surface area contributed by atoms with Crippen LogP contribution < -0.4 is 10.2 Å². The molecule has 2 aliphatic heterocycles. The summed E-state index contributed by atoms with van der Waals surface area (Å²) in [5, 5.41) is 2.69. The number of hydrogen-bond acceptors (Lipinski definition) is 3. The van der Waals surface area contributed by atoms with Crippen LogP contribution in [0, 0.1) is 5.82 Å². The standard InChI is InChI=1S/C11H10FN3O/c12-7-1-2-9-8(5-7)14-11(16)6-10-13-3-4-15(9)10/h1-2,5H,3-4,6H2,(H,14,16). The molecule has 0 spiro atoms. The monoisotopic (exact) mass is 219 g/mol. The smallest absolute Gasteiger partial charge is 0.232 e. The largest absolute Gasteiger partial charge is 0.326 e. The molecule has 1 aromatic carbocycles. The number of aliphatic imine (C=N–C) groups is 1. The zero-order valence-electron chi connectivity index (χ0n) is 8.53. The SMILES string of the molecule is O=C1CC2=NCCN2c2ccc(F)cc2N1. The lowest BCUT2D eigenvalue weighted by Crippen LogP contribution is -2.27. The number of halogens is 1. The highest BCUT2D eigenvalue weighted by atomic mass is 19.1. The van der Waals surface area contributed by atoms with Crippen molar-refractivity contribution in [1.29, 1.82) is 0 Å². The molecule has 1 N–H and O–H groups in total. The van der Waals surface area contributed by atoms with Gasteiger partial charge in [-0.3, -0.25) is 9.79 Å². The fourth-order valence-corrected chi connectivity index (χ4v) is 2.09. The van der Waals surface area contributed by atoms with Crippen LogP contribution in [-0.2, 0) is 4.79 Å². The van der Waals surface area contributed by atoms with Gasteiger partial charge in [0.25, 0.3) is 0 Å². The summed E-state index contributed by atoms with van der Waals surface area (Å²) in [6.45, 7) is 1.45. The average Bonchev–Trinajstić information content (AvgIpc) is 2.61. The van der Waals surface area contributed by atoms with Gasteiger partial charge >= 0.3 is 0 Å². The molecule has 5 heteroatoms. The van der Waals surface area contributed by atoms with Crippen molar-refractivity contribution in [3.63, 3.8) is 0 Å². The Labute approximate surface area is 91.8 Å². The van der Waals surface area contributed by atoms with E-state index in [-0.39, 0.29) is 18.1 Å². The maximum atomic E-state index is 13.1. The van der Waals surface area contributed by atoms with Gasteiger partial charge in [0, 0.05) is 6.54 Å². The summed E-state index contributed by atoms with van der Waals surface area (Å²) in [5.74, 6) is 0.275. The van der Waals surface area contributed by atoms with Crippen LogP contribution in [0.15, 0.2) is 23.2 Å². The van der Waals surface area contributed by atoms with Gasteiger partial charge in [-0.2, -0.15) is 0 Å². The predicted octanol–water partition coefficient (Wildman–Crippen LogP) is 1.39. The van der Waals surface area contributed by atoms with Crippen molar-refractivity contribution >= 4 is 23.1 Å². The van der Waals surface area contributed by atoms with Gasteiger partial charge < -0.3 is 10.2 Å². The molecular weight excluding hydrogens is 209 g/mol. The summed E-state index contributed by atoms with van der Waals surface area (Å²) < 4.78 is 13.1. The molecular formula is C11H10FN3O. The number of amidine groups is 1. The van der Waals surface area contributed by atoms with Gasteiger partial charge in [-0.1, -0.05) is 0 Å². The maximum Gasteiger partial charge on any atom is 0.232 e. The molecule has 0 unspecified atom stereocenters. The van der Waals surface area contributed by atoms with E-state index in [2.05, 4.69) is 10.3 Å². The molecule has 0 aromatic heterocycles. The number of benzene rings is 1. The lowest BCUT2D eigenvalue weighted by molar-refractivity contribution is -0.115. The second kappa shape index (κ2) is 3.30. The van der Waals surface area contributed by atoms with Crippen LogP contribution >= 0.6 is 0 Å². The van der Waals surface area contributed by atoms with Gasteiger partial charge in [0.1, 0.15) is 11.7 Å². The normalized spacial score (nSPS) is 18.4. The van der Waals surface area contributed by atoms with Crippen molar-refractivity contribution in [2.45, 2.75) is 6.42 Å². The van der Waals surface area contributed by atoms with Crippen LogP contribution in [0.2, 0.25) is 0 Å². The maximum absolute atomic E-state index is 13.1. The molecule has 16 heavy (non-hydrogen) atoms. The first-order valence-electron chi connectivity index (χ1n) is 5.14. The minimum atomic E-state index is -0.348. The molecule has 0 aliphatic carbocycles. The highest BCUT2D eigenvalue weighted by Crippen LogP contribution is 2.31. The summed E-state index contributed by atoms with van der Waals surface area (Å²) in [7, 11) is 0. The first-order chi connectivity index (χ1) is 7.74. The molecule has 0 saturated heterocycles. The first kappa shape index (κ1) is 9.33. The van der Waals surface area contributed by atoms with Crippen molar-refractivity contribution in [3.8, 4) is 0 Å². The number of amides is 1. The lowest BCUT2D eigenvalue weighted by Gasteiger charge is -2.19. The molecule has 0 saturated carbocycles. The number of carbonyl (C=O) groups excluding carboxylic acids is 1. The van der Waals surface area contributed by atoms with Crippen LogP contribution in [0.25, 0.3) is 0 Å². The number of hydrogen-bond donors (Lipinski definition) is 1. The van der Waals surface area contributed by atoms with Crippen molar-refractivity contribution < 1.29 is 9.18 Å². The number of nitrogens with zero attached hydrogens (tertiary/aromatic N) is 2. The fourth-order valence-electron chi connectivity index (χ4n) is 2.09. The minimum Gasteiger partial charge on any atom is -0.326 e. The Balaban J connectivity index is 2.14. The number of nitrogens with one attached hydrogen (secondary N) is 1. The van der Waals surface area contributed by atoms with E-state index < -0.39 is 0 Å². The van der Waals surface area contributed by atoms with Gasteiger partial charge in [-0.05, 0) is 18.2 Å². The summed E-state index contributed by atoms with van der Waals surface area (Å²) in [4.78, 5) is 17.8. The Morgan fingerprint density at radius 1 is 1.44 bits per heavy atom. The van der Waals surface area contributed by atoms with Gasteiger partial charge in [-0.15, -0.1) is 0 Å². The van der Waals surface area contributed by atoms with Gasteiger partial charge in [0.2, 0.25) is 5.91 Å². The van der Waals surface area contributed by atoms with Gasteiger partial charge in [-0.25, -0.2) is 4.39 Å². The second-order valence-corrected chi connectivity index (χ2v) is 3.84. The minimum absolute atomic E-state index is 0.144. The zero-order valence-corrected chi connectivity index (χ0v) is 8.53. The van der Waals surface area contributed by atoms with E-state index in [9.17, 15) is 9.18 Å². The number of rotatable bonds is 0. The molecule has 82 valence electrons. The number of anilines is 2. The molecule has 0 fully saturated rings. The first-order valence-corrected chi connectivity index (χ1v) is 5.14. The predicted molar refractivity (Wildman–Crippen MR) is 59.3 cm³/mol. The van der Waals surface area contributed by atoms with Gasteiger partial charge in [0.05, 0.1) is 24.3 Å². The molecule has 2 aliphatic rings. The molecule has 0 atom stereocenters. The second-order valence-electron chi connectivity index (χ2n) is 3.84. The quantitative estimate of drug-likeness (QED) is 0.716. The summed E-state index contributed by atoms with van der Waals surface area (Å²) in [6, 6.07) is 4.41. The van der Waals surface area contributed by atoms with E-state index in [0.717, 1.165) is 18.1 Å². The molecule has 4 nitrogen and oxygen atoms in total. The highest BCUT2D eigenvalue weighted by Gasteiger charge is 2.27. The average molecular weight is 219 g/mol. The zero-order chi connectivity index (χ0) is 11.1. The number of fused-ring (bicyclic) bond motifs is 3.